The second kappa shape index (κ2) is 10.2. The van der Waals surface area contributed by atoms with Gasteiger partial charge in [-0.05, 0) is 42.0 Å². The van der Waals surface area contributed by atoms with Crippen molar-refractivity contribution in [2.24, 2.45) is 0 Å². The average molecular weight is 443 g/mol. The molecular weight excluding hydrogens is 419 g/mol. The first kappa shape index (κ1) is 22.5. The maximum absolute atomic E-state index is 13.3. The Bertz CT molecular complexity index is 1100. The van der Waals surface area contributed by atoms with E-state index in [9.17, 15) is 17.6 Å². The zero-order valence-electron chi connectivity index (χ0n) is 16.9. The zero-order valence-corrected chi connectivity index (χ0v) is 17.7. The predicted molar refractivity (Wildman–Crippen MR) is 115 cm³/mol. The maximum atomic E-state index is 13.3. The molecular formula is C23H23FN2O4S. The van der Waals surface area contributed by atoms with Gasteiger partial charge in [-0.1, -0.05) is 36.4 Å². The molecule has 0 unspecified atom stereocenters. The Hall–Kier alpha value is -3.23. The van der Waals surface area contributed by atoms with Crippen LogP contribution in [0.2, 0.25) is 0 Å². The van der Waals surface area contributed by atoms with Gasteiger partial charge in [0.05, 0.1) is 24.2 Å². The molecule has 31 heavy (non-hydrogen) atoms. The fourth-order valence-corrected chi connectivity index (χ4v) is 4.40. The molecule has 0 N–H and O–H groups in total. The number of benzene rings is 2. The topological polar surface area (TPSA) is 70.8 Å². The van der Waals surface area contributed by atoms with Crippen LogP contribution in [0.3, 0.4) is 0 Å². The van der Waals surface area contributed by atoms with Crippen LogP contribution < -0.4 is 0 Å². The fourth-order valence-electron chi connectivity index (χ4n) is 3.02. The molecule has 6 nitrogen and oxygen atoms in total. The minimum atomic E-state index is -3.89. The van der Waals surface area contributed by atoms with Gasteiger partial charge in [0, 0.05) is 13.1 Å². The molecule has 0 aliphatic heterocycles. The Labute approximate surface area is 181 Å². The third-order valence-electron chi connectivity index (χ3n) is 4.59. The lowest BCUT2D eigenvalue weighted by atomic mass is 10.2. The first-order valence-electron chi connectivity index (χ1n) is 9.61. The summed E-state index contributed by atoms with van der Waals surface area (Å²) in [6.45, 7) is 3.55. The van der Waals surface area contributed by atoms with Gasteiger partial charge in [0.25, 0.3) is 0 Å². The summed E-state index contributed by atoms with van der Waals surface area (Å²) in [6.07, 6.45) is 2.93. The lowest BCUT2D eigenvalue weighted by Gasteiger charge is -2.26. The van der Waals surface area contributed by atoms with Crippen LogP contribution in [0.1, 0.15) is 11.3 Å². The van der Waals surface area contributed by atoms with Crippen LogP contribution in [0, 0.1) is 5.82 Å². The fraction of sp³-hybridized carbons (Fsp3) is 0.174. The second-order valence-corrected chi connectivity index (χ2v) is 8.79. The van der Waals surface area contributed by atoms with E-state index in [0.29, 0.717) is 11.3 Å². The molecule has 0 aliphatic carbocycles. The number of furan rings is 1. The average Bonchev–Trinajstić information content (AvgIpc) is 3.28. The number of hydrogen-bond acceptors (Lipinski definition) is 4. The van der Waals surface area contributed by atoms with Crippen LogP contribution >= 0.6 is 0 Å². The number of hydrogen-bond donors (Lipinski definition) is 0. The smallest absolute Gasteiger partial charge is 0.243 e. The van der Waals surface area contributed by atoms with Gasteiger partial charge in [0.2, 0.25) is 15.9 Å². The summed E-state index contributed by atoms with van der Waals surface area (Å²) in [7, 11) is -3.89. The second-order valence-electron chi connectivity index (χ2n) is 6.85. The highest BCUT2D eigenvalue weighted by Crippen LogP contribution is 2.17. The van der Waals surface area contributed by atoms with Crippen LogP contribution in [0.4, 0.5) is 4.39 Å². The molecule has 0 bridgehead atoms. The van der Waals surface area contributed by atoms with Gasteiger partial charge in [0.15, 0.2) is 0 Å². The zero-order chi connectivity index (χ0) is 22.3. The molecule has 0 spiro atoms. The molecule has 2 aromatic carbocycles. The van der Waals surface area contributed by atoms with Crippen molar-refractivity contribution in [2.75, 3.05) is 13.1 Å². The van der Waals surface area contributed by atoms with Crippen molar-refractivity contribution in [2.45, 2.75) is 18.0 Å². The van der Waals surface area contributed by atoms with Crippen LogP contribution in [-0.2, 0) is 27.9 Å². The van der Waals surface area contributed by atoms with E-state index in [4.69, 9.17) is 4.42 Å². The monoisotopic (exact) mass is 442 g/mol. The van der Waals surface area contributed by atoms with Crippen molar-refractivity contribution in [3.63, 3.8) is 0 Å². The lowest BCUT2D eigenvalue weighted by molar-refractivity contribution is -0.132. The summed E-state index contributed by atoms with van der Waals surface area (Å²) in [4.78, 5) is 14.7. The van der Waals surface area contributed by atoms with Crippen molar-refractivity contribution in [3.8, 4) is 0 Å². The third-order valence-corrected chi connectivity index (χ3v) is 6.42. The van der Waals surface area contributed by atoms with Crippen LogP contribution in [0.15, 0.2) is 95.0 Å². The number of sulfonamides is 1. The molecule has 0 fully saturated rings. The minimum Gasteiger partial charge on any atom is -0.467 e. The first-order chi connectivity index (χ1) is 14.9. The third kappa shape index (κ3) is 5.90. The molecule has 0 saturated carbocycles. The Balaban J connectivity index is 1.84. The number of nitrogens with zero attached hydrogens (tertiary/aromatic N) is 2. The first-order valence-corrected chi connectivity index (χ1v) is 11.0. The summed E-state index contributed by atoms with van der Waals surface area (Å²) in [6, 6.07) is 17.2. The van der Waals surface area contributed by atoms with E-state index >= 15 is 0 Å². The standard InChI is InChI=1S/C23H23FN2O4S/c1-2-14-26(31(28,29)22-8-4-3-5-9-22)18-23(27)25(17-21-7-6-15-30-21)16-19-10-12-20(24)13-11-19/h2-13,15H,1,14,16-18H2. The molecule has 0 atom stereocenters. The molecule has 1 amide bonds. The van der Waals surface area contributed by atoms with Crippen molar-refractivity contribution < 1.29 is 22.0 Å². The molecule has 3 rings (SSSR count). The summed E-state index contributed by atoms with van der Waals surface area (Å²) >= 11 is 0. The quantitative estimate of drug-likeness (QED) is 0.448. The molecule has 8 heteroatoms. The van der Waals surface area contributed by atoms with E-state index in [-0.39, 0.29) is 36.9 Å². The van der Waals surface area contributed by atoms with Crippen molar-refractivity contribution >= 4 is 15.9 Å². The van der Waals surface area contributed by atoms with Crippen LogP contribution in [0.25, 0.3) is 0 Å². The Kier molecular flexibility index (Phi) is 7.38. The summed E-state index contributed by atoms with van der Waals surface area (Å²) in [5.41, 5.74) is 0.711. The molecule has 0 aliphatic rings. The van der Waals surface area contributed by atoms with Crippen LogP contribution in [-0.4, -0.2) is 36.6 Å². The van der Waals surface area contributed by atoms with Gasteiger partial charge in [-0.25, -0.2) is 12.8 Å². The Morgan fingerprint density at radius 2 is 1.71 bits per heavy atom. The number of carbonyl (C=O) groups excluding carboxylic acids is 1. The van der Waals surface area contributed by atoms with E-state index in [0.717, 1.165) is 4.31 Å². The SMILES string of the molecule is C=CCN(CC(=O)N(Cc1ccc(F)cc1)Cc1ccco1)S(=O)(=O)c1ccccc1. The highest BCUT2D eigenvalue weighted by Gasteiger charge is 2.28. The Morgan fingerprint density at radius 1 is 1.00 bits per heavy atom. The minimum absolute atomic E-state index is 0.0197. The summed E-state index contributed by atoms with van der Waals surface area (Å²) in [5.74, 6) is -0.238. The highest BCUT2D eigenvalue weighted by molar-refractivity contribution is 7.89. The molecule has 3 aromatic rings. The molecule has 1 aromatic heterocycles. The van der Waals surface area contributed by atoms with Crippen molar-refractivity contribution in [1.82, 2.24) is 9.21 Å². The van der Waals surface area contributed by atoms with Crippen molar-refractivity contribution in [1.29, 1.82) is 0 Å². The van der Waals surface area contributed by atoms with E-state index in [1.54, 1.807) is 42.5 Å². The van der Waals surface area contributed by atoms with Gasteiger partial charge in [0.1, 0.15) is 11.6 Å². The van der Waals surface area contributed by atoms with E-state index in [1.165, 1.54) is 41.5 Å². The largest absolute Gasteiger partial charge is 0.467 e. The molecule has 0 radical (unpaired) electrons. The Morgan fingerprint density at radius 3 is 2.32 bits per heavy atom. The summed E-state index contributed by atoms with van der Waals surface area (Å²) < 4.78 is 45.8. The van der Waals surface area contributed by atoms with E-state index < -0.39 is 15.9 Å². The lowest BCUT2D eigenvalue weighted by Crippen LogP contribution is -2.42. The number of rotatable bonds is 10. The van der Waals surface area contributed by atoms with Crippen LogP contribution in [0.5, 0.6) is 0 Å². The number of carbonyl (C=O) groups is 1. The molecule has 162 valence electrons. The van der Waals surface area contributed by atoms with Gasteiger partial charge in [-0.15, -0.1) is 6.58 Å². The predicted octanol–water partition coefficient (Wildman–Crippen LogP) is 3.82. The summed E-state index contributed by atoms with van der Waals surface area (Å²) in [5, 5.41) is 0. The van der Waals surface area contributed by atoms with Crippen molar-refractivity contribution in [3.05, 3.63) is 103 Å². The maximum Gasteiger partial charge on any atom is 0.243 e. The van der Waals surface area contributed by atoms with Gasteiger partial charge in [-0.3, -0.25) is 4.79 Å². The molecule has 1 heterocycles. The normalized spacial score (nSPS) is 11.4. The van der Waals surface area contributed by atoms with Gasteiger partial charge in [-0.2, -0.15) is 4.31 Å². The number of amides is 1. The molecule has 0 saturated heterocycles. The van der Waals surface area contributed by atoms with Gasteiger partial charge >= 0.3 is 0 Å². The van der Waals surface area contributed by atoms with E-state index in [1.807, 2.05) is 0 Å². The van der Waals surface area contributed by atoms with Gasteiger partial charge < -0.3 is 9.32 Å². The highest BCUT2D eigenvalue weighted by atomic mass is 32.2. The number of halogens is 1. The van der Waals surface area contributed by atoms with E-state index in [2.05, 4.69) is 6.58 Å².